The van der Waals surface area contributed by atoms with Crippen LogP contribution in [0.15, 0.2) is 18.2 Å². The van der Waals surface area contributed by atoms with Crippen LogP contribution in [0.3, 0.4) is 0 Å². The Labute approximate surface area is 108 Å². The number of methoxy groups -OCH3 is 1. The molecule has 3 nitrogen and oxygen atoms in total. The number of nitrogens with zero attached hydrogens (tertiary/aromatic N) is 2. The van der Waals surface area contributed by atoms with Gasteiger partial charge in [0, 0.05) is 5.56 Å². The molecule has 0 atom stereocenters. The van der Waals surface area contributed by atoms with Gasteiger partial charge in [-0.3, -0.25) is 0 Å². The lowest BCUT2D eigenvalue weighted by atomic mass is 10.2. The first-order valence-corrected chi connectivity index (χ1v) is 6.06. The Morgan fingerprint density at radius 3 is 2.76 bits per heavy atom. The molecule has 0 aliphatic rings. The summed E-state index contributed by atoms with van der Waals surface area (Å²) in [5.41, 5.74) is 1.64. The van der Waals surface area contributed by atoms with Crippen molar-refractivity contribution in [2.24, 2.45) is 0 Å². The second-order valence-corrected chi connectivity index (χ2v) is 4.80. The van der Waals surface area contributed by atoms with E-state index in [0.29, 0.717) is 15.6 Å². The molecule has 0 saturated carbocycles. The van der Waals surface area contributed by atoms with Crippen molar-refractivity contribution in [2.45, 2.75) is 6.92 Å². The van der Waals surface area contributed by atoms with E-state index in [1.807, 2.05) is 13.0 Å². The van der Waals surface area contributed by atoms with Crippen LogP contribution in [0.5, 0.6) is 5.75 Å². The van der Waals surface area contributed by atoms with Crippen molar-refractivity contribution in [3.8, 4) is 22.4 Å². The molecule has 0 saturated heterocycles. The minimum Gasteiger partial charge on any atom is -0.495 e. The molecule has 2 rings (SSSR count). The second kappa shape index (κ2) is 4.74. The Balaban J connectivity index is 2.47. The van der Waals surface area contributed by atoms with Gasteiger partial charge in [0.05, 0.1) is 17.8 Å². The van der Waals surface area contributed by atoms with Gasteiger partial charge >= 0.3 is 0 Å². The molecule has 17 heavy (non-hydrogen) atoms. The fourth-order valence-corrected chi connectivity index (χ4v) is 2.54. The Hall–Kier alpha value is -1.57. The monoisotopic (exact) mass is 264 g/mol. The maximum atomic E-state index is 8.89. The smallest absolute Gasteiger partial charge is 0.137 e. The van der Waals surface area contributed by atoms with Crippen molar-refractivity contribution in [3.63, 3.8) is 0 Å². The van der Waals surface area contributed by atoms with Crippen LogP contribution in [0.25, 0.3) is 10.6 Å². The molecule has 0 spiro atoms. The lowest BCUT2D eigenvalue weighted by molar-refractivity contribution is 0.415. The Kier molecular flexibility index (Phi) is 3.32. The molecule has 0 unspecified atom stereocenters. The first kappa shape index (κ1) is 11.9. The van der Waals surface area contributed by atoms with Crippen LogP contribution in [0.4, 0.5) is 0 Å². The van der Waals surface area contributed by atoms with E-state index in [1.54, 1.807) is 19.2 Å². The molecule has 0 N–H and O–H groups in total. The molecule has 1 aromatic carbocycles. The van der Waals surface area contributed by atoms with Gasteiger partial charge in [-0.2, -0.15) is 5.26 Å². The summed E-state index contributed by atoms with van der Waals surface area (Å²) >= 11 is 7.41. The number of nitriles is 1. The molecule has 0 aliphatic heterocycles. The molecule has 1 aromatic heterocycles. The minimum absolute atomic E-state index is 0.538. The third kappa shape index (κ3) is 2.26. The van der Waals surface area contributed by atoms with Crippen LogP contribution in [-0.2, 0) is 0 Å². The lowest BCUT2D eigenvalue weighted by Gasteiger charge is -2.03. The van der Waals surface area contributed by atoms with Crippen molar-refractivity contribution in [1.29, 1.82) is 5.26 Å². The van der Waals surface area contributed by atoms with Crippen LogP contribution in [0.1, 0.15) is 10.6 Å². The molecular weight excluding hydrogens is 256 g/mol. The zero-order valence-electron chi connectivity index (χ0n) is 9.32. The average molecular weight is 265 g/mol. The van der Waals surface area contributed by atoms with Crippen LogP contribution >= 0.6 is 22.9 Å². The quantitative estimate of drug-likeness (QED) is 0.832. The fourth-order valence-electron chi connectivity index (χ4n) is 1.42. The molecular formula is C12H9ClN2OS. The molecule has 86 valence electrons. The highest BCUT2D eigenvalue weighted by molar-refractivity contribution is 7.15. The summed E-state index contributed by atoms with van der Waals surface area (Å²) in [5, 5.41) is 10.2. The summed E-state index contributed by atoms with van der Waals surface area (Å²) in [7, 11) is 1.57. The maximum absolute atomic E-state index is 8.89. The van der Waals surface area contributed by atoms with Crippen molar-refractivity contribution < 1.29 is 4.74 Å². The third-order valence-electron chi connectivity index (χ3n) is 2.30. The number of benzene rings is 1. The number of hydrogen-bond acceptors (Lipinski definition) is 4. The summed E-state index contributed by atoms with van der Waals surface area (Å²) in [6, 6.07) is 7.58. The number of ether oxygens (including phenoxy) is 1. The van der Waals surface area contributed by atoms with Gasteiger partial charge in [-0.25, -0.2) is 4.98 Å². The first-order valence-electron chi connectivity index (χ1n) is 4.87. The molecule has 0 radical (unpaired) electrons. The molecule has 0 bridgehead atoms. The maximum Gasteiger partial charge on any atom is 0.137 e. The van der Waals surface area contributed by atoms with Crippen molar-refractivity contribution in [1.82, 2.24) is 4.98 Å². The molecule has 1 heterocycles. The van der Waals surface area contributed by atoms with Crippen LogP contribution < -0.4 is 4.74 Å². The summed E-state index contributed by atoms with van der Waals surface area (Å²) in [5.74, 6) is 0.629. The van der Waals surface area contributed by atoms with Crippen LogP contribution in [-0.4, -0.2) is 12.1 Å². The Morgan fingerprint density at radius 2 is 2.24 bits per heavy atom. The standard InChI is InChI=1S/C12H9ClN2OS/c1-7-11(6-14)17-12(15-7)8-3-4-10(16-2)9(13)5-8/h3-5H,1-2H3. The molecule has 0 fully saturated rings. The van der Waals surface area contributed by atoms with E-state index < -0.39 is 0 Å². The zero-order chi connectivity index (χ0) is 12.4. The highest BCUT2D eigenvalue weighted by atomic mass is 35.5. The van der Waals surface area contributed by atoms with Gasteiger partial charge in [0.2, 0.25) is 0 Å². The van der Waals surface area contributed by atoms with Crippen molar-refractivity contribution >= 4 is 22.9 Å². The Morgan fingerprint density at radius 1 is 1.47 bits per heavy atom. The lowest BCUT2D eigenvalue weighted by Crippen LogP contribution is -1.84. The number of thiazole rings is 1. The van der Waals surface area contributed by atoms with Gasteiger partial charge in [0.25, 0.3) is 0 Å². The summed E-state index contributed by atoms with van der Waals surface area (Å²) < 4.78 is 5.08. The topological polar surface area (TPSA) is 45.9 Å². The van der Waals surface area contributed by atoms with E-state index in [9.17, 15) is 0 Å². The molecule has 2 aromatic rings. The number of halogens is 1. The molecule has 0 aliphatic carbocycles. The van der Waals surface area contributed by atoms with E-state index in [-0.39, 0.29) is 0 Å². The highest BCUT2D eigenvalue weighted by Crippen LogP contribution is 2.33. The SMILES string of the molecule is COc1ccc(-c2nc(C)c(C#N)s2)cc1Cl. The van der Waals surface area contributed by atoms with Gasteiger partial charge < -0.3 is 4.74 Å². The fraction of sp³-hybridized carbons (Fsp3) is 0.167. The van der Waals surface area contributed by atoms with E-state index >= 15 is 0 Å². The summed E-state index contributed by atoms with van der Waals surface area (Å²) in [6.07, 6.45) is 0. The number of hydrogen-bond donors (Lipinski definition) is 0. The normalized spacial score (nSPS) is 10.0. The molecule has 5 heteroatoms. The predicted octanol–water partition coefficient (Wildman–Crippen LogP) is 3.65. The number of rotatable bonds is 2. The van der Waals surface area contributed by atoms with Gasteiger partial charge in [0.1, 0.15) is 21.7 Å². The number of aromatic nitrogens is 1. The third-order valence-corrected chi connectivity index (χ3v) is 3.70. The average Bonchev–Trinajstić information content (AvgIpc) is 2.70. The van der Waals surface area contributed by atoms with E-state index in [0.717, 1.165) is 16.3 Å². The van der Waals surface area contributed by atoms with E-state index in [1.165, 1.54) is 11.3 Å². The Bertz CT molecular complexity index is 601. The predicted molar refractivity (Wildman–Crippen MR) is 68.6 cm³/mol. The summed E-state index contributed by atoms with van der Waals surface area (Å²) in [4.78, 5) is 4.98. The zero-order valence-corrected chi connectivity index (χ0v) is 10.9. The minimum atomic E-state index is 0.538. The summed E-state index contributed by atoms with van der Waals surface area (Å²) in [6.45, 7) is 1.82. The van der Waals surface area contributed by atoms with Gasteiger partial charge in [-0.1, -0.05) is 11.6 Å². The van der Waals surface area contributed by atoms with Crippen LogP contribution in [0, 0.1) is 18.3 Å². The van der Waals surface area contributed by atoms with Crippen molar-refractivity contribution in [2.75, 3.05) is 7.11 Å². The highest BCUT2D eigenvalue weighted by Gasteiger charge is 2.10. The van der Waals surface area contributed by atoms with E-state index in [2.05, 4.69) is 11.1 Å². The second-order valence-electron chi connectivity index (χ2n) is 3.39. The van der Waals surface area contributed by atoms with Gasteiger partial charge in [0.15, 0.2) is 0 Å². The molecule has 0 amide bonds. The first-order chi connectivity index (χ1) is 8.15. The van der Waals surface area contributed by atoms with E-state index in [4.69, 9.17) is 21.6 Å². The number of aryl methyl sites for hydroxylation is 1. The van der Waals surface area contributed by atoms with Crippen molar-refractivity contribution in [3.05, 3.63) is 33.8 Å². The van der Waals surface area contributed by atoms with Crippen LogP contribution in [0.2, 0.25) is 5.02 Å². The largest absolute Gasteiger partial charge is 0.495 e. The van der Waals surface area contributed by atoms with Gasteiger partial charge in [-0.05, 0) is 25.1 Å². The van der Waals surface area contributed by atoms with Gasteiger partial charge in [-0.15, -0.1) is 11.3 Å².